The lowest BCUT2D eigenvalue weighted by molar-refractivity contribution is 0.410. The van der Waals surface area contributed by atoms with E-state index in [9.17, 15) is 0 Å². The number of imidazole rings is 1. The van der Waals surface area contributed by atoms with Gasteiger partial charge in [0, 0.05) is 23.9 Å². The molecular weight excluding hydrogens is 256 g/mol. The van der Waals surface area contributed by atoms with Gasteiger partial charge in [0.2, 0.25) is 0 Å². The summed E-state index contributed by atoms with van der Waals surface area (Å²) in [7, 11) is 1.69. The van der Waals surface area contributed by atoms with Crippen molar-refractivity contribution in [2.24, 2.45) is 0 Å². The van der Waals surface area contributed by atoms with Gasteiger partial charge in [0.15, 0.2) is 4.77 Å². The predicted octanol–water partition coefficient (Wildman–Crippen LogP) is 3.60. The highest BCUT2D eigenvalue weighted by Gasteiger charge is 2.08. The van der Waals surface area contributed by atoms with Gasteiger partial charge in [-0.25, -0.2) is 0 Å². The molecule has 1 N–H and O–H groups in total. The van der Waals surface area contributed by atoms with E-state index in [4.69, 9.17) is 17.0 Å². The Morgan fingerprint density at radius 3 is 2.79 bits per heavy atom. The van der Waals surface area contributed by atoms with Gasteiger partial charge in [-0.3, -0.25) is 4.40 Å². The molecule has 3 nitrogen and oxygen atoms in total. The maximum Gasteiger partial charge on any atom is 0.182 e. The predicted molar refractivity (Wildman–Crippen MR) is 78.4 cm³/mol. The molecule has 96 valence electrons. The van der Waals surface area contributed by atoms with Crippen molar-refractivity contribution in [1.82, 2.24) is 9.38 Å². The quantitative estimate of drug-likeness (QED) is 0.737. The number of aromatic amines is 1. The monoisotopic (exact) mass is 270 g/mol. The standard InChI is InChI=1S/C15H14N2OS/c1-18-14-8-3-2-6-11(14)10-12-13-7-4-5-9-17(13)15(19)16-12/h2-9H,10H2,1H3,(H,16,19). The van der Waals surface area contributed by atoms with Crippen LogP contribution in [-0.4, -0.2) is 16.5 Å². The molecule has 3 rings (SSSR count). The molecule has 2 heterocycles. The van der Waals surface area contributed by atoms with Gasteiger partial charge in [-0.2, -0.15) is 0 Å². The lowest BCUT2D eigenvalue weighted by atomic mass is 10.1. The fourth-order valence-corrected chi connectivity index (χ4v) is 2.58. The van der Waals surface area contributed by atoms with Gasteiger partial charge in [0.1, 0.15) is 5.75 Å². The molecule has 0 saturated carbocycles. The van der Waals surface area contributed by atoms with E-state index in [1.165, 1.54) is 0 Å². The second-order valence-electron chi connectivity index (χ2n) is 4.35. The molecule has 0 amide bonds. The number of nitrogens with zero attached hydrogens (tertiary/aromatic N) is 1. The zero-order chi connectivity index (χ0) is 13.2. The number of nitrogens with one attached hydrogen (secondary N) is 1. The van der Waals surface area contributed by atoms with Gasteiger partial charge in [0.05, 0.1) is 12.6 Å². The lowest BCUT2D eigenvalue weighted by Crippen LogP contribution is -1.94. The molecule has 0 aliphatic rings. The Morgan fingerprint density at radius 1 is 1.16 bits per heavy atom. The minimum atomic E-state index is 0.723. The normalized spacial score (nSPS) is 10.8. The first-order valence-electron chi connectivity index (χ1n) is 6.10. The van der Waals surface area contributed by atoms with Crippen molar-refractivity contribution in [3.05, 3.63) is 64.7 Å². The summed E-state index contributed by atoms with van der Waals surface area (Å²) >= 11 is 5.33. The van der Waals surface area contributed by atoms with Crippen LogP contribution >= 0.6 is 12.2 Å². The van der Waals surface area contributed by atoms with Crippen LogP contribution in [0.15, 0.2) is 48.7 Å². The van der Waals surface area contributed by atoms with Crippen molar-refractivity contribution < 1.29 is 4.74 Å². The Bertz CT molecular complexity index is 773. The van der Waals surface area contributed by atoms with Crippen molar-refractivity contribution in [2.75, 3.05) is 7.11 Å². The molecule has 0 aliphatic heterocycles. The van der Waals surface area contributed by atoms with Crippen molar-refractivity contribution in [3.63, 3.8) is 0 Å². The molecule has 0 aliphatic carbocycles. The van der Waals surface area contributed by atoms with Gasteiger partial charge in [-0.15, -0.1) is 0 Å². The average Bonchev–Trinajstić information content (AvgIpc) is 2.77. The van der Waals surface area contributed by atoms with E-state index in [-0.39, 0.29) is 0 Å². The van der Waals surface area contributed by atoms with Crippen LogP contribution in [0.4, 0.5) is 0 Å². The number of para-hydroxylation sites is 1. The highest BCUT2D eigenvalue weighted by atomic mass is 32.1. The molecular formula is C15H14N2OS. The van der Waals surface area contributed by atoms with E-state index in [0.29, 0.717) is 0 Å². The molecule has 2 aromatic heterocycles. The number of fused-ring (bicyclic) bond motifs is 1. The third-order valence-corrected chi connectivity index (χ3v) is 3.50. The first-order chi connectivity index (χ1) is 9.29. The number of rotatable bonds is 3. The highest BCUT2D eigenvalue weighted by Crippen LogP contribution is 2.22. The number of pyridine rings is 1. The Balaban J connectivity index is 2.09. The van der Waals surface area contributed by atoms with E-state index in [1.54, 1.807) is 7.11 Å². The number of H-pyrrole nitrogens is 1. The second-order valence-corrected chi connectivity index (χ2v) is 4.74. The Morgan fingerprint density at radius 2 is 1.95 bits per heavy atom. The van der Waals surface area contributed by atoms with Crippen LogP contribution in [0.2, 0.25) is 0 Å². The summed E-state index contributed by atoms with van der Waals surface area (Å²) in [6, 6.07) is 14.1. The summed E-state index contributed by atoms with van der Waals surface area (Å²) in [4.78, 5) is 3.27. The van der Waals surface area contributed by atoms with Crippen LogP contribution < -0.4 is 4.74 Å². The minimum Gasteiger partial charge on any atom is -0.496 e. The summed E-state index contributed by atoms with van der Waals surface area (Å²) in [5, 5.41) is 0. The Kier molecular flexibility index (Phi) is 3.09. The number of hydrogen-bond acceptors (Lipinski definition) is 2. The molecule has 1 aromatic carbocycles. The lowest BCUT2D eigenvalue weighted by Gasteiger charge is -2.07. The zero-order valence-corrected chi connectivity index (χ0v) is 11.4. The van der Waals surface area contributed by atoms with Crippen LogP contribution in [0.5, 0.6) is 5.75 Å². The first kappa shape index (κ1) is 12.0. The van der Waals surface area contributed by atoms with Crippen molar-refractivity contribution >= 4 is 17.7 Å². The van der Waals surface area contributed by atoms with Crippen molar-refractivity contribution in [3.8, 4) is 5.75 Å². The fourth-order valence-electron chi connectivity index (χ4n) is 2.29. The van der Waals surface area contributed by atoms with Crippen molar-refractivity contribution in [2.45, 2.75) is 6.42 Å². The van der Waals surface area contributed by atoms with Crippen LogP contribution in [-0.2, 0) is 6.42 Å². The molecule has 0 bridgehead atoms. The van der Waals surface area contributed by atoms with Crippen molar-refractivity contribution in [1.29, 1.82) is 0 Å². The smallest absolute Gasteiger partial charge is 0.182 e. The number of hydrogen-bond donors (Lipinski definition) is 1. The summed E-state index contributed by atoms with van der Waals surface area (Å²) in [6.07, 6.45) is 2.74. The molecule has 4 heteroatoms. The van der Waals surface area contributed by atoms with Crippen LogP contribution in [0.1, 0.15) is 11.3 Å². The average molecular weight is 270 g/mol. The van der Waals surface area contributed by atoms with Gasteiger partial charge in [-0.05, 0) is 30.4 Å². The van der Waals surface area contributed by atoms with Gasteiger partial charge < -0.3 is 9.72 Å². The van der Waals surface area contributed by atoms with Crippen LogP contribution in [0, 0.1) is 4.77 Å². The molecule has 19 heavy (non-hydrogen) atoms. The maximum atomic E-state index is 5.39. The second kappa shape index (κ2) is 4.90. The topological polar surface area (TPSA) is 29.4 Å². The molecule has 0 unspecified atom stereocenters. The number of methoxy groups -OCH3 is 1. The SMILES string of the molecule is COc1ccccc1Cc1[nH]c(=S)n2ccccc12. The third-order valence-electron chi connectivity index (χ3n) is 3.21. The summed E-state index contributed by atoms with van der Waals surface area (Å²) in [5.74, 6) is 0.900. The van der Waals surface area contributed by atoms with Gasteiger partial charge in [-0.1, -0.05) is 24.3 Å². The fraction of sp³-hybridized carbons (Fsp3) is 0.133. The zero-order valence-electron chi connectivity index (χ0n) is 10.6. The molecule has 3 aromatic rings. The van der Waals surface area contributed by atoms with Gasteiger partial charge in [0.25, 0.3) is 0 Å². The minimum absolute atomic E-state index is 0.723. The molecule has 0 fully saturated rings. The summed E-state index contributed by atoms with van der Waals surface area (Å²) < 4.78 is 8.10. The molecule has 0 saturated heterocycles. The Hall–Kier alpha value is -2.07. The van der Waals surface area contributed by atoms with E-state index >= 15 is 0 Å². The molecule has 0 spiro atoms. The largest absolute Gasteiger partial charge is 0.496 e. The van der Waals surface area contributed by atoms with E-state index < -0.39 is 0 Å². The highest BCUT2D eigenvalue weighted by molar-refractivity contribution is 7.71. The van der Waals surface area contributed by atoms with Crippen LogP contribution in [0.3, 0.4) is 0 Å². The summed E-state index contributed by atoms with van der Waals surface area (Å²) in [5.41, 5.74) is 3.36. The summed E-state index contributed by atoms with van der Waals surface area (Å²) in [6.45, 7) is 0. The molecule has 0 atom stereocenters. The number of benzene rings is 1. The first-order valence-corrected chi connectivity index (χ1v) is 6.50. The Labute approximate surface area is 116 Å². The number of aromatic nitrogens is 2. The number of ether oxygens (including phenoxy) is 1. The third kappa shape index (κ3) is 2.15. The van der Waals surface area contributed by atoms with E-state index in [1.807, 2.05) is 40.9 Å². The van der Waals surface area contributed by atoms with E-state index in [0.717, 1.165) is 33.7 Å². The van der Waals surface area contributed by atoms with Crippen LogP contribution in [0.25, 0.3) is 5.52 Å². The molecule has 0 radical (unpaired) electrons. The maximum absolute atomic E-state index is 5.39. The van der Waals surface area contributed by atoms with E-state index in [2.05, 4.69) is 17.1 Å². The van der Waals surface area contributed by atoms with Gasteiger partial charge >= 0.3 is 0 Å².